The van der Waals surface area contributed by atoms with Crippen molar-refractivity contribution in [1.82, 2.24) is 4.98 Å². The molecule has 0 saturated carbocycles. The van der Waals surface area contributed by atoms with Crippen LogP contribution in [0.2, 0.25) is 0 Å². The minimum atomic E-state index is 0.660. The van der Waals surface area contributed by atoms with E-state index in [-0.39, 0.29) is 0 Å². The lowest BCUT2D eigenvalue weighted by molar-refractivity contribution is 0.320. The van der Waals surface area contributed by atoms with Gasteiger partial charge >= 0.3 is 0 Å². The highest BCUT2D eigenvalue weighted by molar-refractivity contribution is 9.10. The Kier molecular flexibility index (Phi) is 4.15. The zero-order valence-corrected chi connectivity index (χ0v) is 11.3. The Labute approximate surface area is 110 Å². The van der Waals surface area contributed by atoms with E-state index in [1.165, 1.54) is 11.1 Å². The van der Waals surface area contributed by atoms with Gasteiger partial charge in [0.15, 0.2) is 0 Å². The number of pyridine rings is 1. The van der Waals surface area contributed by atoms with E-state index >= 15 is 0 Å². The maximum Gasteiger partial charge on any atom is 0.133 e. The Morgan fingerprint density at radius 2 is 2.18 bits per heavy atom. The maximum absolute atomic E-state index is 5.72. The predicted octanol–water partition coefficient (Wildman–Crippen LogP) is 3.77. The molecule has 88 valence electrons. The molecule has 0 aliphatic rings. The molecule has 0 saturated heterocycles. The summed E-state index contributed by atoms with van der Waals surface area (Å²) in [5.74, 6) is 0.888. The van der Waals surface area contributed by atoms with E-state index in [0.29, 0.717) is 6.61 Å². The van der Waals surface area contributed by atoms with E-state index in [9.17, 15) is 0 Å². The van der Waals surface area contributed by atoms with Gasteiger partial charge in [0.1, 0.15) is 5.75 Å². The molecule has 0 amide bonds. The largest absolute Gasteiger partial charge is 0.492 e. The van der Waals surface area contributed by atoms with Gasteiger partial charge in [-0.2, -0.15) is 0 Å². The summed E-state index contributed by atoms with van der Waals surface area (Å²) in [4.78, 5) is 4.07. The van der Waals surface area contributed by atoms with Crippen molar-refractivity contribution >= 4 is 15.9 Å². The first-order chi connectivity index (χ1) is 8.25. The summed E-state index contributed by atoms with van der Waals surface area (Å²) < 4.78 is 6.72. The van der Waals surface area contributed by atoms with Crippen LogP contribution in [0.1, 0.15) is 11.1 Å². The number of halogens is 1. The fourth-order valence-corrected chi connectivity index (χ4v) is 2.16. The minimum absolute atomic E-state index is 0.660. The van der Waals surface area contributed by atoms with Crippen molar-refractivity contribution < 1.29 is 4.74 Å². The molecule has 0 bridgehead atoms. The monoisotopic (exact) mass is 291 g/mol. The van der Waals surface area contributed by atoms with Crippen LogP contribution in [0.3, 0.4) is 0 Å². The second-order valence-electron chi connectivity index (χ2n) is 3.89. The average molecular weight is 292 g/mol. The molecule has 0 N–H and O–H groups in total. The predicted molar refractivity (Wildman–Crippen MR) is 72.3 cm³/mol. The number of hydrogen-bond acceptors (Lipinski definition) is 2. The summed E-state index contributed by atoms with van der Waals surface area (Å²) in [5, 5.41) is 0. The van der Waals surface area contributed by atoms with Crippen molar-refractivity contribution in [3.63, 3.8) is 0 Å². The van der Waals surface area contributed by atoms with Gasteiger partial charge in [-0.3, -0.25) is 4.98 Å². The Balaban J connectivity index is 1.90. The average Bonchev–Trinajstić information content (AvgIpc) is 2.33. The van der Waals surface area contributed by atoms with Gasteiger partial charge in [0, 0.05) is 18.8 Å². The van der Waals surface area contributed by atoms with Gasteiger partial charge in [-0.1, -0.05) is 12.1 Å². The van der Waals surface area contributed by atoms with Crippen molar-refractivity contribution in [3.8, 4) is 5.75 Å². The van der Waals surface area contributed by atoms with E-state index in [1.54, 1.807) is 6.20 Å². The van der Waals surface area contributed by atoms with Crippen molar-refractivity contribution in [3.05, 3.63) is 58.3 Å². The van der Waals surface area contributed by atoms with Crippen molar-refractivity contribution in [2.45, 2.75) is 13.3 Å². The minimum Gasteiger partial charge on any atom is -0.492 e. The van der Waals surface area contributed by atoms with E-state index in [1.807, 2.05) is 24.4 Å². The van der Waals surface area contributed by atoms with Crippen LogP contribution in [-0.4, -0.2) is 11.6 Å². The zero-order chi connectivity index (χ0) is 12.1. The van der Waals surface area contributed by atoms with Gasteiger partial charge < -0.3 is 4.74 Å². The van der Waals surface area contributed by atoms with Crippen molar-refractivity contribution in [2.75, 3.05) is 6.61 Å². The van der Waals surface area contributed by atoms with Crippen LogP contribution in [-0.2, 0) is 6.42 Å². The lowest BCUT2D eigenvalue weighted by Gasteiger charge is -2.08. The molecule has 3 heteroatoms. The number of benzene rings is 1. The number of nitrogens with zero attached hydrogens (tertiary/aromatic N) is 1. The molecular weight excluding hydrogens is 278 g/mol. The summed E-state index contributed by atoms with van der Waals surface area (Å²) in [6, 6.07) is 10.1. The zero-order valence-electron chi connectivity index (χ0n) is 9.69. The van der Waals surface area contributed by atoms with Crippen LogP contribution in [0.4, 0.5) is 0 Å². The summed E-state index contributed by atoms with van der Waals surface area (Å²) in [5.41, 5.74) is 2.41. The summed E-state index contributed by atoms with van der Waals surface area (Å²) >= 11 is 3.50. The fraction of sp³-hybridized carbons (Fsp3) is 0.214. The quantitative estimate of drug-likeness (QED) is 0.855. The third-order valence-corrected chi connectivity index (χ3v) is 3.08. The molecule has 1 aromatic carbocycles. The molecule has 2 rings (SSSR count). The highest BCUT2D eigenvalue weighted by Gasteiger charge is 2.01. The highest BCUT2D eigenvalue weighted by atomic mass is 79.9. The van der Waals surface area contributed by atoms with Gasteiger partial charge in [0.05, 0.1) is 11.1 Å². The number of hydrogen-bond donors (Lipinski definition) is 0. The van der Waals surface area contributed by atoms with Crippen LogP contribution < -0.4 is 4.74 Å². The Bertz CT molecular complexity index is 485. The van der Waals surface area contributed by atoms with Crippen LogP contribution >= 0.6 is 15.9 Å². The molecule has 2 aromatic rings. The molecule has 0 radical (unpaired) electrons. The van der Waals surface area contributed by atoms with Crippen molar-refractivity contribution in [2.24, 2.45) is 0 Å². The first-order valence-electron chi connectivity index (χ1n) is 5.53. The molecular formula is C14H14BrNO. The third-order valence-electron chi connectivity index (χ3n) is 2.46. The molecule has 17 heavy (non-hydrogen) atoms. The molecule has 0 aliphatic heterocycles. The smallest absolute Gasteiger partial charge is 0.133 e. The molecule has 0 spiro atoms. The van der Waals surface area contributed by atoms with Gasteiger partial charge in [-0.05, 0) is 52.2 Å². The molecule has 0 aliphatic carbocycles. The summed E-state index contributed by atoms with van der Waals surface area (Å²) in [6.45, 7) is 2.72. The molecule has 2 nitrogen and oxygen atoms in total. The Morgan fingerprint density at radius 1 is 1.29 bits per heavy atom. The van der Waals surface area contributed by atoms with E-state index in [0.717, 1.165) is 16.6 Å². The maximum atomic E-state index is 5.72. The van der Waals surface area contributed by atoms with Crippen LogP contribution in [0.15, 0.2) is 47.2 Å². The second kappa shape index (κ2) is 5.82. The normalized spacial score (nSPS) is 10.2. The molecule has 0 fully saturated rings. The first kappa shape index (κ1) is 12.1. The molecule has 0 atom stereocenters. The highest BCUT2D eigenvalue weighted by Crippen LogP contribution is 2.25. The van der Waals surface area contributed by atoms with Crippen molar-refractivity contribution in [1.29, 1.82) is 0 Å². The van der Waals surface area contributed by atoms with Crippen LogP contribution in [0.25, 0.3) is 0 Å². The summed E-state index contributed by atoms with van der Waals surface area (Å²) in [7, 11) is 0. The molecule has 1 aromatic heterocycles. The number of rotatable bonds is 4. The Hall–Kier alpha value is -1.35. The topological polar surface area (TPSA) is 22.1 Å². The Morgan fingerprint density at radius 3 is 2.88 bits per heavy atom. The van der Waals surface area contributed by atoms with Gasteiger partial charge in [-0.25, -0.2) is 0 Å². The SMILES string of the molecule is Cc1ccc(OCCc2cccnc2)c(Br)c1. The fourth-order valence-electron chi connectivity index (χ4n) is 1.55. The number of aryl methyl sites for hydroxylation is 1. The molecule has 1 heterocycles. The second-order valence-corrected chi connectivity index (χ2v) is 4.75. The van der Waals surface area contributed by atoms with Crippen LogP contribution in [0.5, 0.6) is 5.75 Å². The summed E-state index contributed by atoms with van der Waals surface area (Å²) in [6.07, 6.45) is 4.52. The number of aromatic nitrogens is 1. The standard InChI is InChI=1S/C14H14BrNO/c1-11-4-5-14(13(15)9-11)17-8-6-12-3-2-7-16-10-12/h2-5,7,9-10H,6,8H2,1H3. The third kappa shape index (κ3) is 3.56. The first-order valence-corrected chi connectivity index (χ1v) is 6.33. The van der Waals surface area contributed by atoms with Gasteiger partial charge in [-0.15, -0.1) is 0 Å². The van der Waals surface area contributed by atoms with E-state index in [4.69, 9.17) is 4.74 Å². The van der Waals surface area contributed by atoms with Gasteiger partial charge in [0.2, 0.25) is 0 Å². The van der Waals surface area contributed by atoms with Gasteiger partial charge in [0.25, 0.3) is 0 Å². The molecule has 0 unspecified atom stereocenters. The van der Waals surface area contributed by atoms with E-state index in [2.05, 4.69) is 40.0 Å². The van der Waals surface area contributed by atoms with E-state index < -0.39 is 0 Å². The lowest BCUT2D eigenvalue weighted by atomic mass is 10.2. The lowest BCUT2D eigenvalue weighted by Crippen LogP contribution is -2.02. The van der Waals surface area contributed by atoms with Crippen LogP contribution in [0, 0.1) is 6.92 Å². The number of ether oxygens (including phenoxy) is 1.